The Morgan fingerprint density at radius 3 is 2.74 bits per heavy atom. The van der Waals surface area contributed by atoms with Gasteiger partial charge in [0, 0.05) is 16.4 Å². The first-order valence-electron chi connectivity index (χ1n) is 6.74. The van der Waals surface area contributed by atoms with E-state index in [4.69, 9.17) is 11.6 Å². The van der Waals surface area contributed by atoms with Gasteiger partial charge in [-0.25, -0.2) is 0 Å². The SMILES string of the molecule is Cc1ccc(Br)c(C(=O)NCC2CCC(Cl)CC2)c1. The Kier molecular flexibility index (Phi) is 5.28. The van der Waals surface area contributed by atoms with Crippen LogP contribution in [0.3, 0.4) is 0 Å². The molecular weight excluding hydrogens is 326 g/mol. The predicted octanol–water partition coefficient (Wildman–Crippen LogP) is 4.28. The van der Waals surface area contributed by atoms with Gasteiger partial charge in [0.15, 0.2) is 0 Å². The second kappa shape index (κ2) is 6.76. The van der Waals surface area contributed by atoms with Crippen molar-refractivity contribution in [1.29, 1.82) is 0 Å². The highest BCUT2D eigenvalue weighted by Crippen LogP contribution is 2.27. The summed E-state index contributed by atoms with van der Waals surface area (Å²) in [5.74, 6) is 0.575. The molecule has 2 rings (SSSR count). The molecule has 0 spiro atoms. The minimum atomic E-state index is 0.00331. The Morgan fingerprint density at radius 1 is 1.37 bits per heavy atom. The van der Waals surface area contributed by atoms with Crippen molar-refractivity contribution >= 4 is 33.4 Å². The Bertz CT molecular complexity index is 455. The van der Waals surface area contributed by atoms with E-state index in [1.165, 1.54) is 0 Å². The Hall–Kier alpha value is -0.540. The summed E-state index contributed by atoms with van der Waals surface area (Å²) in [6.07, 6.45) is 4.36. The largest absolute Gasteiger partial charge is 0.352 e. The monoisotopic (exact) mass is 343 g/mol. The molecule has 1 aliphatic carbocycles. The number of benzene rings is 1. The lowest BCUT2D eigenvalue weighted by molar-refractivity contribution is 0.0943. The van der Waals surface area contributed by atoms with Crippen LogP contribution in [-0.4, -0.2) is 17.8 Å². The van der Waals surface area contributed by atoms with E-state index >= 15 is 0 Å². The van der Waals surface area contributed by atoms with Gasteiger partial charge in [-0.1, -0.05) is 11.6 Å². The maximum Gasteiger partial charge on any atom is 0.252 e. The van der Waals surface area contributed by atoms with Gasteiger partial charge in [0.05, 0.1) is 5.56 Å². The summed E-state index contributed by atoms with van der Waals surface area (Å²) < 4.78 is 0.847. The molecule has 104 valence electrons. The van der Waals surface area contributed by atoms with Gasteiger partial charge in [-0.3, -0.25) is 4.79 Å². The second-order valence-corrected chi connectivity index (χ2v) is 6.78. The number of carbonyl (C=O) groups excluding carboxylic acids is 1. The molecule has 0 saturated heterocycles. The molecule has 2 nitrogen and oxygen atoms in total. The van der Waals surface area contributed by atoms with Gasteiger partial charge in [-0.05, 0) is 66.6 Å². The van der Waals surface area contributed by atoms with E-state index in [-0.39, 0.29) is 5.91 Å². The molecular formula is C15H19BrClNO. The molecule has 1 saturated carbocycles. The van der Waals surface area contributed by atoms with Crippen molar-refractivity contribution in [2.75, 3.05) is 6.54 Å². The Balaban J connectivity index is 1.89. The van der Waals surface area contributed by atoms with Crippen LogP contribution in [0.4, 0.5) is 0 Å². The summed E-state index contributed by atoms with van der Waals surface area (Å²) in [7, 11) is 0. The lowest BCUT2D eigenvalue weighted by atomic mass is 9.89. The maximum atomic E-state index is 12.2. The number of hydrogen-bond donors (Lipinski definition) is 1. The van der Waals surface area contributed by atoms with Crippen molar-refractivity contribution in [3.8, 4) is 0 Å². The predicted molar refractivity (Wildman–Crippen MR) is 82.8 cm³/mol. The van der Waals surface area contributed by atoms with Crippen LogP contribution >= 0.6 is 27.5 Å². The van der Waals surface area contributed by atoms with Gasteiger partial charge in [-0.2, -0.15) is 0 Å². The van der Waals surface area contributed by atoms with Crippen LogP contribution in [0.1, 0.15) is 41.6 Å². The minimum Gasteiger partial charge on any atom is -0.352 e. The molecule has 0 aromatic heterocycles. The molecule has 1 N–H and O–H groups in total. The van der Waals surface area contributed by atoms with E-state index in [0.717, 1.165) is 42.3 Å². The smallest absolute Gasteiger partial charge is 0.252 e. The van der Waals surface area contributed by atoms with Crippen LogP contribution in [0.15, 0.2) is 22.7 Å². The fourth-order valence-corrected chi connectivity index (χ4v) is 3.15. The van der Waals surface area contributed by atoms with Gasteiger partial charge in [0.1, 0.15) is 0 Å². The zero-order chi connectivity index (χ0) is 13.8. The lowest BCUT2D eigenvalue weighted by Crippen LogP contribution is -2.31. The van der Waals surface area contributed by atoms with Gasteiger partial charge in [0.25, 0.3) is 5.91 Å². The number of amides is 1. The van der Waals surface area contributed by atoms with Crippen molar-refractivity contribution < 1.29 is 4.79 Å². The molecule has 1 aliphatic rings. The summed E-state index contributed by atoms with van der Waals surface area (Å²) in [6, 6.07) is 5.82. The van der Waals surface area contributed by atoms with Crippen LogP contribution < -0.4 is 5.32 Å². The van der Waals surface area contributed by atoms with Crippen LogP contribution in [0.2, 0.25) is 0 Å². The highest BCUT2D eigenvalue weighted by atomic mass is 79.9. The fourth-order valence-electron chi connectivity index (χ4n) is 2.47. The fraction of sp³-hybridized carbons (Fsp3) is 0.533. The minimum absolute atomic E-state index is 0.00331. The van der Waals surface area contributed by atoms with Gasteiger partial charge in [-0.15, -0.1) is 11.6 Å². The van der Waals surface area contributed by atoms with E-state index < -0.39 is 0 Å². The van der Waals surface area contributed by atoms with Gasteiger partial charge >= 0.3 is 0 Å². The van der Waals surface area contributed by atoms with Crippen LogP contribution in [0.25, 0.3) is 0 Å². The van der Waals surface area contributed by atoms with Gasteiger partial charge in [0.2, 0.25) is 0 Å². The molecule has 19 heavy (non-hydrogen) atoms. The van der Waals surface area contributed by atoms with E-state index in [1.54, 1.807) is 0 Å². The first-order chi connectivity index (χ1) is 9.06. The Morgan fingerprint density at radius 2 is 2.05 bits per heavy atom. The van der Waals surface area contributed by atoms with Crippen molar-refractivity contribution in [3.05, 3.63) is 33.8 Å². The quantitative estimate of drug-likeness (QED) is 0.815. The number of halogens is 2. The number of nitrogens with one attached hydrogen (secondary N) is 1. The summed E-state index contributed by atoms with van der Waals surface area (Å²) in [5.41, 5.74) is 1.81. The van der Waals surface area contributed by atoms with Crippen molar-refractivity contribution in [1.82, 2.24) is 5.32 Å². The third-order valence-corrected chi connectivity index (χ3v) is 4.82. The van der Waals surface area contributed by atoms with E-state index in [1.807, 2.05) is 25.1 Å². The first-order valence-corrected chi connectivity index (χ1v) is 7.97. The van der Waals surface area contributed by atoms with Crippen LogP contribution in [0.5, 0.6) is 0 Å². The number of aryl methyl sites for hydroxylation is 1. The van der Waals surface area contributed by atoms with E-state index in [0.29, 0.717) is 16.9 Å². The molecule has 1 amide bonds. The normalized spacial score (nSPS) is 23.1. The standard InChI is InChI=1S/C15H19BrClNO/c1-10-2-7-14(16)13(8-10)15(19)18-9-11-3-5-12(17)6-4-11/h2,7-8,11-12H,3-6,9H2,1H3,(H,18,19). The van der Waals surface area contributed by atoms with Crippen molar-refractivity contribution in [2.45, 2.75) is 38.0 Å². The summed E-state index contributed by atoms with van der Waals surface area (Å²) >= 11 is 9.51. The number of rotatable bonds is 3. The number of carbonyl (C=O) groups is 1. The first kappa shape index (κ1) is 14.9. The lowest BCUT2D eigenvalue weighted by Gasteiger charge is -2.25. The topological polar surface area (TPSA) is 29.1 Å². The molecule has 0 radical (unpaired) electrons. The van der Waals surface area contributed by atoms with Crippen LogP contribution in [-0.2, 0) is 0 Å². The zero-order valence-corrected chi connectivity index (χ0v) is 13.4. The molecule has 1 aromatic rings. The summed E-state index contributed by atoms with van der Waals surface area (Å²) in [6.45, 7) is 2.74. The molecule has 4 heteroatoms. The third kappa shape index (κ3) is 4.22. The highest BCUT2D eigenvalue weighted by Gasteiger charge is 2.20. The third-order valence-electron chi connectivity index (χ3n) is 3.69. The molecule has 1 aromatic carbocycles. The average molecular weight is 345 g/mol. The second-order valence-electron chi connectivity index (χ2n) is 5.31. The maximum absolute atomic E-state index is 12.2. The summed E-state index contributed by atoms with van der Waals surface area (Å²) in [5, 5.41) is 3.37. The molecule has 0 bridgehead atoms. The van der Waals surface area contributed by atoms with Crippen molar-refractivity contribution in [2.24, 2.45) is 5.92 Å². The van der Waals surface area contributed by atoms with E-state index in [2.05, 4.69) is 21.2 Å². The van der Waals surface area contributed by atoms with Crippen molar-refractivity contribution in [3.63, 3.8) is 0 Å². The molecule has 1 fully saturated rings. The molecule has 0 atom stereocenters. The highest BCUT2D eigenvalue weighted by molar-refractivity contribution is 9.10. The molecule has 0 unspecified atom stereocenters. The molecule has 0 heterocycles. The van der Waals surface area contributed by atoms with E-state index in [9.17, 15) is 4.79 Å². The Labute approximate surface area is 128 Å². The number of alkyl halides is 1. The summed E-state index contributed by atoms with van der Waals surface area (Å²) in [4.78, 5) is 12.2. The zero-order valence-electron chi connectivity index (χ0n) is 11.1. The van der Waals surface area contributed by atoms with Crippen LogP contribution in [0, 0.1) is 12.8 Å². The molecule has 0 aliphatic heterocycles. The van der Waals surface area contributed by atoms with Gasteiger partial charge < -0.3 is 5.32 Å². The average Bonchev–Trinajstić information content (AvgIpc) is 2.40. The number of hydrogen-bond acceptors (Lipinski definition) is 1.